The highest BCUT2D eigenvalue weighted by atomic mass is 16.3. The van der Waals surface area contributed by atoms with Crippen LogP contribution in [0.3, 0.4) is 0 Å². The van der Waals surface area contributed by atoms with Crippen molar-refractivity contribution in [2.24, 2.45) is 0 Å². The van der Waals surface area contributed by atoms with E-state index in [1.54, 1.807) is 0 Å². The van der Waals surface area contributed by atoms with Gasteiger partial charge in [-0.05, 0) is 31.5 Å². The molecule has 1 aromatic heterocycles. The van der Waals surface area contributed by atoms with E-state index in [0.717, 1.165) is 37.5 Å². The normalized spacial score (nSPS) is 23.5. The lowest BCUT2D eigenvalue weighted by atomic mass is 10.1. The Balaban J connectivity index is 1.68. The molecule has 0 spiro atoms. The summed E-state index contributed by atoms with van der Waals surface area (Å²) >= 11 is 0. The summed E-state index contributed by atoms with van der Waals surface area (Å²) in [6.07, 6.45) is 6.34. The van der Waals surface area contributed by atoms with Crippen molar-refractivity contribution in [2.45, 2.75) is 57.9 Å². The van der Waals surface area contributed by atoms with E-state index in [-0.39, 0.29) is 17.9 Å². The zero-order valence-corrected chi connectivity index (χ0v) is 13.9. The standard InChI is InChI=1S/C18H26N2O3/c1-2-14-7-8-16(23-14)15-6-4-3-5-11-19(15)12-13-20-17(21)9-10-18(20)22/h7-8,15H,2-6,9-13H2,1H3/t15-/m1/s1. The summed E-state index contributed by atoms with van der Waals surface area (Å²) in [5.41, 5.74) is 0. The van der Waals surface area contributed by atoms with Gasteiger partial charge in [0.25, 0.3) is 0 Å². The fraction of sp³-hybridized carbons (Fsp3) is 0.667. The Kier molecular flexibility index (Phi) is 5.16. The zero-order valence-electron chi connectivity index (χ0n) is 13.9. The van der Waals surface area contributed by atoms with Gasteiger partial charge in [0, 0.05) is 32.4 Å². The molecule has 2 saturated heterocycles. The number of carbonyl (C=O) groups is 2. The molecule has 0 bridgehead atoms. The van der Waals surface area contributed by atoms with E-state index < -0.39 is 0 Å². The largest absolute Gasteiger partial charge is 0.464 e. The number of aryl methyl sites for hydroxylation is 1. The predicted octanol–water partition coefficient (Wildman–Crippen LogP) is 2.91. The maximum absolute atomic E-state index is 11.8. The first-order valence-electron chi connectivity index (χ1n) is 8.85. The Labute approximate surface area is 137 Å². The third-order valence-electron chi connectivity index (χ3n) is 4.99. The molecule has 2 amide bonds. The van der Waals surface area contributed by atoms with Crippen molar-refractivity contribution in [3.05, 3.63) is 23.7 Å². The van der Waals surface area contributed by atoms with Gasteiger partial charge in [-0.2, -0.15) is 0 Å². The molecule has 5 nitrogen and oxygen atoms in total. The monoisotopic (exact) mass is 318 g/mol. The van der Waals surface area contributed by atoms with Crippen LogP contribution in [0, 0.1) is 0 Å². The molecule has 0 saturated carbocycles. The van der Waals surface area contributed by atoms with Gasteiger partial charge in [0.1, 0.15) is 11.5 Å². The van der Waals surface area contributed by atoms with Crippen LogP contribution in [-0.4, -0.2) is 41.2 Å². The highest BCUT2D eigenvalue weighted by Crippen LogP contribution is 2.31. The minimum Gasteiger partial charge on any atom is -0.464 e. The van der Waals surface area contributed by atoms with E-state index in [1.807, 2.05) is 0 Å². The van der Waals surface area contributed by atoms with Gasteiger partial charge in [-0.1, -0.05) is 19.8 Å². The molecule has 2 aliphatic heterocycles. The smallest absolute Gasteiger partial charge is 0.229 e. The molecule has 0 radical (unpaired) electrons. The van der Waals surface area contributed by atoms with Gasteiger partial charge in [0.05, 0.1) is 6.04 Å². The zero-order chi connectivity index (χ0) is 16.2. The van der Waals surface area contributed by atoms with Crippen LogP contribution in [0.2, 0.25) is 0 Å². The number of likely N-dealkylation sites (tertiary alicyclic amines) is 2. The minimum atomic E-state index is -0.0207. The van der Waals surface area contributed by atoms with Crippen LogP contribution in [0.15, 0.2) is 16.5 Å². The van der Waals surface area contributed by atoms with Crippen LogP contribution in [-0.2, 0) is 16.0 Å². The van der Waals surface area contributed by atoms with Gasteiger partial charge >= 0.3 is 0 Å². The fourth-order valence-corrected chi connectivity index (χ4v) is 3.62. The highest BCUT2D eigenvalue weighted by Gasteiger charge is 2.31. The van der Waals surface area contributed by atoms with Crippen molar-refractivity contribution < 1.29 is 14.0 Å². The first-order chi connectivity index (χ1) is 11.2. The maximum atomic E-state index is 11.8. The van der Waals surface area contributed by atoms with Crippen LogP contribution in [0.25, 0.3) is 0 Å². The summed E-state index contributed by atoms with van der Waals surface area (Å²) in [5, 5.41) is 0. The van der Waals surface area contributed by atoms with Crippen LogP contribution < -0.4 is 0 Å². The van der Waals surface area contributed by atoms with Gasteiger partial charge < -0.3 is 4.42 Å². The SMILES string of the molecule is CCc1ccc([C@H]2CCCCCN2CCN2C(=O)CCC2=O)o1. The number of carbonyl (C=O) groups excluding carboxylic acids is 2. The van der Waals surface area contributed by atoms with Gasteiger partial charge in [0.2, 0.25) is 11.8 Å². The van der Waals surface area contributed by atoms with Crippen LogP contribution in [0.1, 0.15) is 63.0 Å². The van der Waals surface area contributed by atoms with Gasteiger partial charge in [-0.3, -0.25) is 19.4 Å². The Morgan fingerprint density at radius 2 is 1.87 bits per heavy atom. The second-order valence-electron chi connectivity index (χ2n) is 6.50. The van der Waals surface area contributed by atoms with Crippen LogP contribution in [0.5, 0.6) is 0 Å². The second kappa shape index (κ2) is 7.30. The first kappa shape index (κ1) is 16.2. The molecular weight excluding hydrogens is 292 g/mol. The average molecular weight is 318 g/mol. The van der Waals surface area contributed by atoms with E-state index in [2.05, 4.69) is 24.0 Å². The molecule has 0 aliphatic carbocycles. The Bertz CT molecular complexity index is 550. The van der Waals surface area contributed by atoms with E-state index in [4.69, 9.17) is 4.42 Å². The molecule has 0 unspecified atom stereocenters. The van der Waals surface area contributed by atoms with E-state index in [0.29, 0.717) is 19.4 Å². The molecule has 1 atom stereocenters. The third-order valence-corrected chi connectivity index (χ3v) is 4.99. The summed E-state index contributed by atoms with van der Waals surface area (Å²) in [4.78, 5) is 27.4. The Morgan fingerprint density at radius 3 is 2.57 bits per heavy atom. The second-order valence-corrected chi connectivity index (χ2v) is 6.50. The van der Waals surface area contributed by atoms with Crippen molar-refractivity contribution in [1.29, 1.82) is 0 Å². The van der Waals surface area contributed by atoms with Crippen molar-refractivity contribution in [2.75, 3.05) is 19.6 Å². The molecule has 23 heavy (non-hydrogen) atoms. The average Bonchev–Trinajstić information content (AvgIpc) is 3.07. The number of hydrogen-bond donors (Lipinski definition) is 0. The van der Waals surface area contributed by atoms with Crippen molar-refractivity contribution in [3.63, 3.8) is 0 Å². The number of amides is 2. The minimum absolute atomic E-state index is 0.0207. The summed E-state index contributed by atoms with van der Waals surface area (Å²) in [5.74, 6) is 2.01. The van der Waals surface area contributed by atoms with Crippen molar-refractivity contribution >= 4 is 11.8 Å². The van der Waals surface area contributed by atoms with Gasteiger partial charge in [-0.15, -0.1) is 0 Å². The lowest BCUT2D eigenvalue weighted by molar-refractivity contribution is -0.138. The number of furan rings is 1. The number of hydrogen-bond acceptors (Lipinski definition) is 4. The maximum Gasteiger partial charge on any atom is 0.229 e. The van der Waals surface area contributed by atoms with E-state index >= 15 is 0 Å². The summed E-state index contributed by atoms with van der Waals surface area (Å²) in [6.45, 7) is 4.35. The summed E-state index contributed by atoms with van der Waals surface area (Å²) in [7, 11) is 0. The Hall–Kier alpha value is -1.62. The number of imide groups is 1. The van der Waals surface area contributed by atoms with E-state index in [1.165, 1.54) is 24.2 Å². The molecule has 5 heteroatoms. The quantitative estimate of drug-likeness (QED) is 0.783. The molecule has 1 aromatic rings. The summed E-state index contributed by atoms with van der Waals surface area (Å²) < 4.78 is 5.98. The highest BCUT2D eigenvalue weighted by molar-refractivity contribution is 6.01. The third kappa shape index (κ3) is 3.66. The molecule has 2 fully saturated rings. The summed E-state index contributed by atoms with van der Waals surface area (Å²) in [6, 6.07) is 4.42. The first-order valence-corrected chi connectivity index (χ1v) is 8.85. The lowest BCUT2D eigenvalue weighted by Gasteiger charge is -2.29. The molecular formula is C18H26N2O3. The van der Waals surface area contributed by atoms with Gasteiger partial charge in [0.15, 0.2) is 0 Å². The van der Waals surface area contributed by atoms with E-state index in [9.17, 15) is 9.59 Å². The molecule has 2 aliphatic rings. The van der Waals surface area contributed by atoms with Crippen LogP contribution in [0.4, 0.5) is 0 Å². The molecule has 3 rings (SSSR count). The van der Waals surface area contributed by atoms with Crippen molar-refractivity contribution in [3.8, 4) is 0 Å². The molecule has 0 aromatic carbocycles. The lowest BCUT2D eigenvalue weighted by Crippen LogP contribution is -2.39. The topological polar surface area (TPSA) is 53.8 Å². The van der Waals surface area contributed by atoms with Crippen LogP contribution >= 0.6 is 0 Å². The fourth-order valence-electron chi connectivity index (χ4n) is 3.62. The number of rotatable bonds is 5. The van der Waals surface area contributed by atoms with Crippen molar-refractivity contribution in [1.82, 2.24) is 9.80 Å². The number of nitrogens with zero attached hydrogens (tertiary/aromatic N) is 2. The molecule has 0 N–H and O–H groups in total. The predicted molar refractivity (Wildman–Crippen MR) is 86.8 cm³/mol. The molecule has 3 heterocycles. The molecule has 126 valence electrons. The Morgan fingerprint density at radius 1 is 1.09 bits per heavy atom. The van der Waals surface area contributed by atoms with Gasteiger partial charge in [-0.25, -0.2) is 0 Å².